The van der Waals surface area contributed by atoms with Crippen molar-refractivity contribution < 1.29 is 23.5 Å². The molecule has 30 heavy (non-hydrogen) atoms. The summed E-state index contributed by atoms with van der Waals surface area (Å²) in [6.45, 7) is 1.40. The Morgan fingerprint density at radius 1 is 1.07 bits per heavy atom. The van der Waals surface area contributed by atoms with Crippen LogP contribution in [0.25, 0.3) is 0 Å². The van der Waals surface area contributed by atoms with Crippen LogP contribution in [0.5, 0.6) is 0 Å². The molecule has 8 heteroatoms. The lowest BCUT2D eigenvalue weighted by Gasteiger charge is -2.38. The maximum Gasteiger partial charge on any atom is 0.410 e. The van der Waals surface area contributed by atoms with Gasteiger partial charge >= 0.3 is 6.09 Å². The number of cyclic esters (lactones) is 1. The van der Waals surface area contributed by atoms with Crippen LogP contribution in [-0.4, -0.2) is 66.0 Å². The van der Waals surface area contributed by atoms with Crippen molar-refractivity contribution in [2.45, 2.75) is 31.3 Å². The molecule has 1 aromatic heterocycles. The minimum absolute atomic E-state index is 0.0136. The molecule has 1 N–H and O–H groups in total. The zero-order chi connectivity index (χ0) is 20.9. The Bertz CT molecular complexity index is 875. The topological polar surface area (TPSA) is 92.1 Å². The summed E-state index contributed by atoms with van der Waals surface area (Å²) in [7, 11) is 0. The van der Waals surface area contributed by atoms with Crippen LogP contribution < -0.4 is 5.32 Å². The molecule has 2 fully saturated rings. The average molecular weight is 411 g/mol. The molecule has 3 amide bonds. The molecular formula is C22H25N3O5. The molecule has 2 aliphatic rings. The van der Waals surface area contributed by atoms with Crippen LogP contribution in [0.2, 0.25) is 0 Å². The van der Waals surface area contributed by atoms with E-state index < -0.39 is 5.91 Å². The van der Waals surface area contributed by atoms with Gasteiger partial charge in [-0.2, -0.15) is 0 Å². The number of amides is 3. The van der Waals surface area contributed by atoms with Gasteiger partial charge in [-0.25, -0.2) is 4.79 Å². The van der Waals surface area contributed by atoms with E-state index >= 15 is 0 Å². The maximum absolute atomic E-state index is 12.4. The van der Waals surface area contributed by atoms with E-state index in [-0.39, 0.29) is 36.4 Å². The number of likely N-dealkylation sites (tertiary alicyclic amines) is 1. The van der Waals surface area contributed by atoms with Gasteiger partial charge in [0.1, 0.15) is 6.61 Å². The number of carbonyl (C=O) groups excluding carboxylic acids is 3. The normalized spacial score (nSPS) is 19.6. The fourth-order valence-corrected chi connectivity index (χ4v) is 4.12. The summed E-state index contributed by atoms with van der Waals surface area (Å²) in [5.41, 5.74) is 1.17. The molecule has 2 aliphatic heterocycles. The van der Waals surface area contributed by atoms with E-state index in [1.165, 1.54) is 11.8 Å². The van der Waals surface area contributed by atoms with Crippen LogP contribution in [0.1, 0.15) is 29.0 Å². The van der Waals surface area contributed by atoms with Gasteiger partial charge in [-0.15, -0.1) is 0 Å². The molecule has 0 spiro atoms. The standard InChI is InChI=1S/C22H25N3O5/c26-20(14-23-21(27)19-7-4-12-29-19)24-10-8-17(9-11-24)25-18(15-30-22(25)28)13-16-5-2-1-3-6-16/h1-7,12,17-18H,8-11,13-15H2,(H,23,27). The van der Waals surface area contributed by atoms with Gasteiger partial charge in [0, 0.05) is 19.1 Å². The number of rotatable bonds is 6. The highest BCUT2D eigenvalue weighted by molar-refractivity contribution is 5.94. The van der Waals surface area contributed by atoms with Crippen molar-refractivity contribution in [2.24, 2.45) is 0 Å². The molecule has 1 atom stereocenters. The monoisotopic (exact) mass is 411 g/mol. The Balaban J connectivity index is 1.28. The summed E-state index contributed by atoms with van der Waals surface area (Å²) in [6, 6.07) is 13.3. The van der Waals surface area contributed by atoms with Crippen LogP contribution in [0.3, 0.4) is 0 Å². The lowest BCUT2D eigenvalue weighted by molar-refractivity contribution is -0.131. The highest BCUT2D eigenvalue weighted by atomic mass is 16.6. The molecule has 0 bridgehead atoms. The fraction of sp³-hybridized carbons (Fsp3) is 0.409. The Kier molecular flexibility index (Phi) is 6.02. The first-order valence-electron chi connectivity index (χ1n) is 10.2. The Labute approximate surface area is 174 Å². The molecule has 0 saturated carbocycles. The number of benzene rings is 1. The number of hydrogen-bond acceptors (Lipinski definition) is 5. The van der Waals surface area contributed by atoms with Gasteiger partial charge in [0.15, 0.2) is 5.76 Å². The van der Waals surface area contributed by atoms with E-state index in [2.05, 4.69) is 17.4 Å². The van der Waals surface area contributed by atoms with Crippen molar-refractivity contribution in [2.75, 3.05) is 26.2 Å². The predicted octanol–water partition coefficient (Wildman–Crippen LogP) is 2.06. The summed E-state index contributed by atoms with van der Waals surface area (Å²) in [6.07, 6.45) is 3.28. The van der Waals surface area contributed by atoms with Crippen LogP contribution >= 0.6 is 0 Å². The second-order valence-electron chi connectivity index (χ2n) is 7.60. The average Bonchev–Trinajstić information content (AvgIpc) is 3.43. The molecule has 1 aromatic carbocycles. The third-order valence-electron chi connectivity index (χ3n) is 5.67. The van der Waals surface area contributed by atoms with E-state index in [0.717, 1.165) is 6.42 Å². The van der Waals surface area contributed by atoms with E-state index in [9.17, 15) is 14.4 Å². The molecule has 3 heterocycles. The summed E-state index contributed by atoms with van der Waals surface area (Å²) < 4.78 is 10.3. The Morgan fingerprint density at radius 2 is 1.83 bits per heavy atom. The van der Waals surface area contributed by atoms with Crippen molar-refractivity contribution in [3.8, 4) is 0 Å². The van der Waals surface area contributed by atoms with E-state index in [0.29, 0.717) is 32.5 Å². The fourth-order valence-electron chi connectivity index (χ4n) is 4.12. The number of furan rings is 1. The summed E-state index contributed by atoms with van der Waals surface area (Å²) in [4.78, 5) is 40.3. The van der Waals surface area contributed by atoms with Crippen LogP contribution in [-0.2, 0) is 16.0 Å². The first kappa shape index (κ1) is 20.0. The predicted molar refractivity (Wildman–Crippen MR) is 108 cm³/mol. The lowest BCUT2D eigenvalue weighted by atomic mass is 9.99. The summed E-state index contributed by atoms with van der Waals surface area (Å²) in [5, 5.41) is 2.58. The zero-order valence-electron chi connectivity index (χ0n) is 16.7. The highest BCUT2D eigenvalue weighted by Gasteiger charge is 2.39. The van der Waals surface area contributed by atoms with E-state index in [1.807, 2.05) is 23.1 Å². The second-order valence-corrected chi connectivity index (χ2v) is 7.60. The SMILES string of the molecule is O=C(NCC(=O)N1CCC(N2C(=O)OCC2Cc2ccccc2)CC1)c1ccco1. The molecule has 1 unspecified atom stereocenters. The van der Waals surface area contributed by atoms with Crippen molar-refractivity contribution in [1.82, 2.24) is 15.1 Å². The van der Waals surface area contributed by atoms with E-state index in [1.54, 1.807) is 17.0 Å². The third kappa shape index (κ3) is 4.48. The highest BCUT2D eigenvalue weighted by Crippen LogP contribution is 2.26. The minimum atomic E-state index is -0.410. The number of nitrogens with one attached hydrogen (secondary N) is 1. The van der Waals surface area contributed by atoms with Gasteiger partial charge in [-0.1, -0.05) is 30.3 Å². The number of piperidine rings is 1. The molecule has 2 saturated heterocycles. The molecule has 4 rings (SSSR count). The van der Waals surface area contributed by atoms with Gasteiger partial charge in [-0.05, 0) is 37.0 Å². The van der Waals surface area contributed by atoms with Gasteiger partial charge in [0.25, 0.3) is 5.91 Å². The summed E-state index contributed by atoms with van der Waals surface area (Å²) in [5.74, 6) is -0.372. The molecule has 0 radical (unpaired) electrons. The number of ether oxygens (including phenoxy) is 1. The van der Waals surface area contributed by atoms with Gasteiger partial charge in [0.05, 0.1) is 18.8 Å². The van der Waals surface area contributed by atoms with Crippen LogP contribution in [0.15, 0.2) is 53.1 Å². The molecule has 158 valence electrons. The van der Waals surface area contributed by atoms with Gasteiger partial charge in [-0.3, -0.25) is 14.5 Å². The third-order valence-corrected chi connectivity index (χ3v) is 5.67. The quantitative estimate of drug-likeness (QED) is 0.786. The van der Waals surface area contributed by atoms with Gasteiger partial charge < -0.3 is 19.4 Å². The first-order chi connectivity index (χ1) is 14.6. The van der Waals surface area contributed by atoms with Crippen molar-refractivity contribution in [3.05, 3.63) is 60.1 Å². The summed E-state index contributed by atoms with van der Waals surface area (Å²) >= 11 is 0. The minimum Gasteiger partial charge on any atom is -0.459 e. The zero-order valence-corrected chi connectivity index (χ0v) is 16.7. The Hall–Kier alpha value is -3.29. The maximum atomic E-state index is 12.4. The van der Waals surface area contributed by atoms with Gasteiger partial charge in [0.2, 0.25) is 5.91 Å². The number of hydrogen-bond donors (Lipinski definition) is 1. The molecule has 8 nitrogen and oxygen atoms in total. The number of carbonyl (C=O) groups is 3. The second kappa shape index (κ2) is 9.02. The number of nitrogens with zero attached hydrogens (tertiary/aromatic N) is 2. The Morgan fingerprint density at radius 3 is 2.53 bits per heavy atom. The van der Waals surface area contributed by atoms with Crippen molar-refractivity contribution in [3.63, 3.8) is 0 Å². The van der Waals surface area contributed by atoms with Crippen molar-refractivity contribution in [1.29, 1.82) is 0 Å². The molecule has 2 aromatic rings. The first-order valence-corrected chi connectivity index (χ1v) is 10.2. The molecular weight excluding hydrogens is 386 g/mol. The van der Waals surface area contributed by atoms with Crippen molar-refractivity contribution >= 4 is 17.9 Å². The largest absolute Gasteiger partial charge is 0.459 e. The van der Waals surface area contributed by atoms with Crippen LogP contribution in [0, 0.1) is 0 Å². The van der Waals surface area contributed by atoms with E-state index in [4.69, 9.17) is 9.15 Å². The van der Waals surface area contributed by atoms with Crippen LogP contribution in [0.4, 0.5) is 4.79 Å². The molecule has 0 aliphatic carbocycles. The smallest absolute Gasteiger partial charge is 0.410 e. The lowest BCUT2D eigenvalue weighted by Crippen LogP contribution is -2.51.